The van der Waals surface area contributed by atoms with E-state index in [2.05, 4.69) is 5.32 Å². The molecule has 3 nitrogen and oxygen atoms in total. The van der Waals surface area contributed by atoms with E-state index < -0.39 is 0 Å². The Morgan fingerprint density at radius 1 is 1.46 bits per heavy atom. The largest absolute Gasteiger partial charge is 0.356 e. The van der Waals surface area contributed by atoms with Crippen molar-refractivity contribution in [1.82, 2.24) is 5.32 Å². The molecule has 0 fully saturated rings. The second kappa shape index (κ2) is 7.60. The van der Waals surface area contributed by atoms with Crippen molar-refractivity contribution in [3.63, 3.8) is 0 Å². The molecule has 0 heterocycles. The third-order valence-corrected chi connectivity index (χ3v) is 2.12. The molecule has 0 saturated heterocycles. The van der Waals surface area contributed by atoms with Crippen molar-refractivity contribution in [2.45, 2.75) is 39.5 Å². The van der Waals surface area contributed by atoms with Gasteiger partial charge >= 0.3 is 0 Å². The molecule has 1 N–H and O–H groups in total. The van der Waals surface area contributed by atoms with E-state index in [9.17, 15) is 4.79 Å². The standard InChI is InChI=1S/C10H18N2O/c1-3-9(4-2)10(13)12-8-6-5-7-11/h9H,3-6,8H2,1-2H3,(H,12,13). The van der Waals surface area contributed by atoms with Crippen LogP contribution in [0.1, 0.15) is 39.5 Å². The lowest BCUT2D eigenvalue weighted by Gasteiger charge is -2.11. The molecule has 0 aliphatic heterocycles. The molecule has 0 aromatic carbocycles. The van der Waals surface area contributed by atoms with E-state index >= 15 is 0 Å². The van der Waals surface area contributed by atoms with E-state index in [1.807, 2.05) is 19.9 Å². The van der Waals surface area contributed by atoms with Gasteiger partial charge in [-0.3, -0.25) is 4.79 Å². The lowest BCUT2D eigenvalue weighted by atomic mass is 10.0. The summed E-state index contributed by atoms with van der Waals surface area (Å²) < 4.78 is 0. The minimum Gasteiger partial charge on any atom is -0.356 e. The molecule has 1 amide bonds. The number of amides is 1. The number of hydrogen-bond acceptors (Lipinski definition) is 2. The van der Waals surface area contributed by atoms with Gasteiger partial charge in [0.2, 0.25) is 5.91 Å². The van der Waals surface area contributed by atoms with E-state index in [0.717, 1.165) is 19.3 Å². The molecule has 0 rings (SSSR count). The van der Waals surface area contributed by atoms with E-state index in [1.54, 1.807) is 0 Å². The van der Waals surface area contributed by atoms with Gasteiger partial charge in [-0.25, -0.2) is 0 Å². The van der Waals surface area contributed by atoms with Gasteiger partial charge in [-0.2, -0.15) is 5.26 Å². The van der Waals surface area contributed by atoms with E-state index in [4.69, 9.17) is 5.26 Å². The third-order valence-electron chi connectivity index (χ3n) is 2.12. The number of unbranched alkanes of at least 4 members (excludes halogenated alkanes) is 1. The number of carbonyl (C=O) groups excluding carboxylic acids is 1. The fourth-order valence-corrected chi connectivity index (χ4v) is 1.18. The maximum atomic E-state index is 11.4. The lowest BCUT2D eigenvalue weighted by molar-refractivity contribution is -0.125. The van der Waals surface area contributed by atoms with Gasteiger partial charge in [0.05, 0.1) is 6.07 Å². The first-order valence-electron chi connectivity index (χ1n) is 4.90. The van der Waals surface area contributed by atoms with Gasteiger partial charge < -0.3 is 5.32 Å². The van der Waals surface area contributed by atoms with Crippen molar-refractivity contribution in [2.24, 2.45) is 5.92 Å². The molecule has 0 radical (unpaired) electrons. The quantitative estimate of drug-likeness (QED) is 0.637. The Labute approximate surface area is 80.1 Å². The van der Waals surface area contributed by atoms with Crippen molar-refractivity contribution in [2.75, 3.05) is 6.54 Å². The van der Waals surface area contributed by atoms with Crippen LogP contribution >= 0.6 is 0 Å². The molecule has 0 saturated carbocycles. The number of rotatable bonds is 6. The van der Waals surface area contributed by atoms with Crippen LogP contribution < -0.4 is 5.32 Å². The monoisotopic (exact) mass is 182 g/mol. The van der Waals surface area contributed by atoms with Crippen LogP contribution in [0.5, 0.6) is 0 Å². The number of hydrogen-bond donors (Lipinski definition) is 1. The van der Waals surface area contributed by atoms with Gasteiger partial charge in [-0.1, -0.05) is 13.8 Å². The Morgan fingerprint density at radius 3 is 2.54 bits per heavy atom. The highest BCUT2D eigenvalue weighted by Crippen LogP contribution is 2.06. The Morgan fingerprint density at radius 2 is 2.08 bits per heavy atom. The molecular weight excluding hydrogens is 164 g/mol. The zero-order valence-corrected chi connectivity index (χ0v) is 8.47. The average molecular weight is 182 g/mol. The highest BCUT2D eigenvalue weighted by Gasteiger charge is 2.12. The molecule has 0 aliphatic carbocycles. The number of nitriles is 1. The second-order valence-corrected chi connectivity index (χ2v) is 3.07. The van der Waals surface area contributed by atoms with E-state index in [1.165, 1.54) is 0 Å². The van der Waals surface area contributed by atoms with Gasteiger partial charge in [-0.05, 0) is 19.3 Å². The van der Waals surface area contributed by atoms with Crippen LogP contribution in [-0.4, -0.2) is 12.5 Å². The molecule has 13 heavy (non-hydrogen) atoms. The Balaban J connectivity index is 3.55. The van der Waals surface area contributed by atoms with Crippen LogP contribution in [0.4, 0.5) is 0 Å². The minimum atomic E-state index is 0.128. The third kappa shape index (κ3) is 5.24. The van der Waals surface area contributed by atoms with Crippen LogP contribution in [0.3, 0.4) is 0 Å². The summed E-state index contributed by atoms with van der Waals surface area (Å²) in [5, 5.41) is 11.1. The summed E-state index contributed by atoms with van der Waals surface area (Å²) in [5.74, 6) is 0.269. The van der Waals surface area contributed by atoms with Gasteiger partial charge in [-0.15, -0.1) is 0 Å². The van der Waals surface area contributed by atoms with Crippen molar-refractivity contribution >= 4 is 5.91 Å². The summed E-state index contributed by atoms with van der Waals surface area (Å²) in [5.41, 5.74) is 0. The van der Waals surface area contributed by atoms with Crippen molar-refractivity contribution in [3.05, 3.63) is 0 Å². The Bertz CT molecular complexity index is 180. The highest BCUT2D eigenvalue weighted by atomic mass is 16.1. The highest BCUT2D eigenvalue weighted by molar-refractivity contribution is 5.78. The normalized spacial score (nSPS) is 9.69. The van der Waals surface area contributed by atoms with Gasteiger partial charge in [0.1, 0.15) is 0 Å². The van der Waals surface area contributed by atoms with E-state index in [-0.39, 0.29) is 11.8 Å². The van der Waals surface area contributed by atoms with Crippen molar-refractivity contribution < 1.29 is 4.79 Å². The predicted molar refractivity (Wildman–Crippen MR) is 51.9 cm³/mol. The first-order chi connectivity index (χ1) is 6.26. The molecule has 3 heteroatoms. The van der Waals surface area contributed by atoms with Crippen LogP contribution in [0.15, 0.2) is 0 Å². The Hall–Kier alpha value is -1.04. The maximum absolute atomic E-state index is 11.4. The number of nitrogens with zero attached hydrogens (tertiary/aromatic N) is 1. The maximum Gasteiger partial charge on any atom is 0.223 e. The molecule has 0 bridgehead atoms. The smallest absolute Gasteiger partial charge is 0.223 e. The van der Waals surface area contributed by atoms with Crippen molar-refractivity contribution in [3.8, 4) is 6.07 Å². The summed E-state index contributed by atoms with van der Waals surface area (Å²) in [6, 6.07) is 2.05. The van der Waals surface area contributed by atoms with Crippen molar-refractivity contribution in [1.29, 1.82) is 5.26 Å². The topological polar surface area (TPSA) is 52.9 Å². The predicted octanol–water partition coefficient (Wildman–Crippen LogP) is 1.84. The van der Waals surface area contributed by atoms with Gasteiger partial charge in [0, 0.05) is 18.9 Å². The minimum absolute atomic E-state index is 0.128. The van der Waals surface area contributed by atoms with Crippen LogP contribution in [-0.2, 0) is 4.79 Å². The summed E-state index contributed by atoms with van der Waals surface area (Å²) in [7, 11) is 0. The van der Waals surface area contributed by atoms with Gasteiger partial charge in [0.15, 0.2) is 0 Å². The average Bonchev–Trinajstić information content (AvgIpc) is 2.14. The summed E-state index contributed by atoms with van der Waals surface area (Å²) >= 11 is 0. The number of carbonyl (C=O) groups is 1. The molecule has 0 unspecified atom stereocenters. The zero-order chi connectivity index (χ0) is 10.1. The van der Waals surface area contributed by atoms with Gasteiger partial charge in [0.25, 0.3) is 0 Å². The fourth-order valence-electron chi connectivity index (χ4n) is 1.18. The van der Waals surface area contributed by atoms with Crippen LogP contribution in [0.2, 0.25) is 0 Å². The SMILES string of the molecule is CCC(CC)C(=O)NCCCC#N. The molecule has 0 atom stereocenters. The van der Waals surface area contributed by atoms with Crippen LogP contribution in [0.25, 0.3) is 0 Å². The zero-order valence-electron chi connectivity index (χ0n) is 8.47. The summed E-state index contributed by atoms with van der Waals surface area (Å²) in [6.45, 7) is 4.66. The molecular formula is C10H18N2O. The second-order valence-electron chi connectivity index (χ2n) is 3.07. The molecule has 0 aliphatic rings. The lowest BCUT2D eigenvalue weighted by Crippen LogP contribution is -2.30. The van der Waals surface area contributed by atoms with E-state index in [0.29, 0.717) is 13.0 Å². The fraction of sp³-hybridized carbons (Fsp3) is 0.800. The first kappa shape index (κ1) is 12.0. The molecule has 0 aromatic heterocycles. The molecule has 0 spiro atoms. The van der Waals surface area contributed by atoms with Crippen LogP contribution in [0, 0.1) is 17.2 Å². The summed E-state index contributed by atoms with van der Waals surface area (Å²) in [6.07, 6.45) is 3.05. The Kier molecular flexibility index (Phi) is 6.99. The first-order valence-corrected chi connectivity index (χ1v) is 4.90. The molecule has 74 valence electrons. The number of nitrogens with one attached hydrogen (secondary N) is 1. The molecule has 0 aromatic rings. The summed E-state index contributed by atoms with van der Waals surface area (Å²) in [4.78, 5) is 11.4.